The van der Waals surface area contributed by atoms with Gasteiger partial charge >= 0.3 is 5.97 Å². The van der Waals surface area contributed by atoms with Crippen molar-refractivity contribution in [2.24, 2.45) is 0 Å². The number of hydrogen-bond donors (Lipinski definition) is 0. The lowest BCUT2D eigenvalue weighted by molar-refractivity contribution is -0.140. The molecule has 4 heteroatoms. The van der Waals surface area contributed by atoms with Crippen LogP contribution in [0, 0.1) is 0 Å². The average Bonchev–Trinajstić information content (AvgIpc) is 2.37. The SMILES string of the molecule is COC(=O)CCN(C)Cc1ccc(OC(C)C)cc1. The highest BCUT2D eigenvalue weighted by Gasteiger charge is 2.05. The van der Waals surface area contributed by atoms with E-state index >= 15 is 0 Å². The van der Waals surface area contributed by atoms with Crippen LogP contribution in [0.15, 0.2) is 24.3 Å². The van der Waals surface area contributed by atoms with Crippen molar-refractivity contribution in [2.75, 3.05) is 20.7 Å². The summed E-state index contributed by atoms with van der Waals surface area (Å²) in [6, 6.07) is 8.05. The van der Waals surface area contributed by atoms with Gasteiger partial charge in [-0.1, -0.05) is 12.1 Å². The Labute approximate surface area is 115 Å². The van der Waals surface area contributed by atoms with Gasteiger partial charge in [0.1, 0.15) is 5.75 Å². The molecule has 19 heavy (non-hydrogen) atoms. The van der Waals surface area contributed by atoms with Crippen LogP contribution in [0.4, 0.5) is 0 Å². The summed E-state index contributed by atoms with van der Waals surface area (Å²) in [5, 5.41) is 0. The summed E-state index contributed by atoms with van der Waals surface area (Å²) in [5.74, 6) is 0.712. The second-order valence-corrected chi connectivity index (χ2v) is 4.87. The summed E-state index contributed by atoms with van der Waals surface area (Å²) >= 11 is 0. The molecule has 0 aromatic heterocycles. The maximum absolute atomic E-state index is 11.1. The summed E-state index contributed by atoms with van der Waals surface area (Å²) in [6.45, 7) is 5.51. The van der Waals surface area contributed by atoms with E-state index in [4.69, 9.17) is 4.74 Å². The molecule has 0 heterocycles. The Morgan fingerprint density at radius 2 is 1.89 bits per heavy atom. The fraction of sp³-hybridized carbons (Fsp3) is 0.533. The van der Waals surface area contributed by atoms with E-state index in [-0.39, 0.29) is 12.1 Å². The van der Waals surface area contributed by atoms with E-state index in [1.165, 1.54) is 12.7 Å². The number of rotatable bonds is 7. The van der Waals surface area contributed by atoms with Crippen LogP contribution < -0.4 is 4.74 Å². The average molecular weight is 265 g/mol. The second kappa shape index (κ2) is 7.79. The third-order valence-corrected chi connectivity index (χ3v) is 2.67. The topological polar surface area (TPSA) is 38.8 Å². The van der Waals surface area contributed by atoms with Gasteiger partial charge in [-0.3, -0.25) is 4.79 Å². The zero-order valence-corrected chi connectivity index (χ0v) is 12.2. The highest BCUT2D eigenvalue weighted by molar-refractivity contribution is 5.69. The zero-order chi connectivity index (χ0) is 14.3. The molecule has 0 bridgehead atoms. The normalized spacial score (nSPS) is 10.8. The summed E-state index contributed by atoms with van der Waals surface area (Å²) in [7, 11) is 3.40. The van der Waals surface area contributed by atoms with Crippen LogP contribution in [-0.4, -0.2) is 37.7 Å². The summed E-state index contributed by atoms with van der Waals surface area (Å²) in [6.07, 6.45) is 0.607. The number of benzene rings is 1. The summed E-state index contributed by atoms with van der Waals surface area (Å²) in [4.78, 5) is 13.1. The monoisotopic (exact) mass is 265 g/mol. The molecule has 0 saturated carbocycles. The smallest absolute Gasteiger partial charge is 0.306 e. The minimum absolute atomic E-state index is 0.174. The van der Waals surface area contributed by atoms with Gasteiger partial charge in [-0.25, -0.2) is 0 Å². The summed E-state index contributed by atoms with van der Waals surface area (Å²) in [5.41, 5.74) is 1.20. The van der Waals surface area contributed by atoms with E-state index in [2.05, 4.69) is 9.64 Å². The van der Waals surface area contributed by atoms with Gasteiger partial charge in [0, 0.05) is 13.1 Å². The number of methoxy groups -OCH3 is 1. The van der Waals surface area contributed by atoms with Gasteiger partial charge in [-0.2, -0.15) is 0 Å². The van der Waals surface area contributed by atoms with Gasteiger partial charge in [0.2, 0.25) is 0 Å². The fourth-order valence-corrected chi connectivity index (χ4v) is 1.72. The third-order valence-electron chi connectivity index (χ3n) is 2.67. The van der Waals surface area contributed by atoms with Crippen LogP contribution in [0.2, 0.25) is 0 Å². The van der Waals surface area contributed by atoms with Gasteiger partial charge in [-0.05, 0) is 38.6 Å². The highest BCUT2D eigenvalue weighted by atomic mass is 16.5. The minimum atomic E-state index is -0.174. The Kier molecular flexibility index (Phi) is 6.36. The molecule has 0 aliphatic carbocycles. The Bertz CT molecular complexity index is 387. The van der Waals surface area contributed by atoms with E-state index in [9.17, 15) is 4.79 Å². The molecule has 0 N–H and O–H groups in total. The van der Waals surface area contributed by atoms with Gasteiger partial charge in [0.25, 0.3) is 0 Å². The minimum Gasteiger partial charge on any atom is -0.491 e. The first-order chi connectivity index (χ1) is 9.01. The van der Waals surface area contributed by atoms with Gasteiger partial charge in [0.15, 0.2) is 0 Å². The molecule has 106 valence electrons. The molecule has 0 radical (unpaired) electrons. The molecule has 0 amide bonds. The number of carbonyl (C=O) groups excluding carboxylic acids is 1. The molecular weight excluding hydrogens is 242 g/mol. The highest BCUT2D eigenvalue weighted by Crippen LogP contribution is 2.14. The van der Waals surface area contributed by atoms with Gasteiger partial charge in [0.05, 0.1) is 19.6 Å². The van der Waals surface area contributed by atoms with Crippen molar-refractivity contribution in [1.29, 1.82) is 0 Å². The maximum Gasteiger partial charge on any atom is 0.306 e. The lowest BCUT2D eigenvalue weighted by atomic mass is 10.2. The maximum atomic E-state index is 11.1. The van der Waals surface area contributed by atoms with E-state index in [0.29, 0.717) is 13.0 Å². The van der Waals surface area contributed by atoms with E-state index in [1.807, 2.05) is 45.2 Å². The molecule has 0 atom stereocenters. The fourth-order valence-electron chi connectivity index (χ4n) is 1.72. The largest absolute Gasteiger partial charge is 0.491 e. The molecule has 0 saturated heterocycles. The lowest BCUT2D eigenvalue weighted by Crippen LogP contribution is -2.21. The van der Waals surface area contributed by atoms with Crippen molar-refractivity contribution in [3.8, 4) is 5.75 Å². The molecule has 1 aromatic carbocycles. The molecule has 0 aliphatic rings. The van der Waals surface area contributed by atoms with Crippen molar-refractivity contribution in [3.63, 3.8) is 0 Å². The van der Waals surface area contributed by atoms with E-state index in [1.54, 1.807) is 0 Å². The molecule has 1 aromatic rings. The Hall–Kier alpha value is -1.55. The first-order valence-electron chi connectivity index (χ1n) is 6.52. The first-order valence-corrected chi connectivity index (χ1v) is 6.52. The van der Waals surface area contributed by atoms with Gasteiger partial charge in [-0.15, -0.1) is 0 Å². The third kappa shape index (κ3) is 6.25. The van der Waals surface area contributed by atoms with E-state index < -0.39 is 0 Å². The Morgan fingerprint density at radius 3 is 2.42 bits per heavy atom. The summed E-state index contributed by atoms with van der Waals surface area (Å²) < 4.78 is 10.2. The second-order valence-electron chi connectivity index (χ2n) is 4.87. The van der Waals surface area contributed by atoms with Crippen LogP contribution in [-0.2, 0) is 16.1 Å². The lowest BCUT2D eigenvalue weighted by Gasteiger charge is -2.16. The number of esters is 1. The molecular formula is C15H23NO3. The van der Waals surface area contributed by atoms with Crippen molar-refractivity contribution < 1.29 is 14.3 Å². The molecule has 0 aliphatic heterocycles. The van der Waals surface area contributed by atoms with Crippen LogP contribution >= 0.6 is 0 Å². The van der Waals surface area contributed by atoms with Crippen molar-refractivity contribution in [1.82, 2.24) is 4.90 Å². The molecule has 4 nitrogen and oxygen atoms in total. The molecule has 0 unspecified atom stereocenters. The zero-order valence-electron chi connectivity index (χ0n) is 12.2. The molecule has 0 spiro atoms. The van der Waals surface area contributed by atoms with Crippen LogP contribution in [0.3, 0.4) is 0 Å². The molecule has 1 rings (SSSR count). The van der Waals surface area contributed by atoms with E-state index in [0.717, 1.165) is 12.3 Å². The van der Waals surface area contributed by atoms with Crippen LogP contribution in [0.1, 0.15) is 25.8 Å². The Balaban J connectivity index is 2.42. The van der Waals surface area contributed by atoms with Gasteiger partial charge < -0.3 is 14.4 Å². The number of hydrogen-bond acceptors (Lipinski definition) is 4. The standard InChI is InChI=1S/C15H23NO3/c1-12(2)19-14-7-5-13(6-8-14)11-16(3)10-9-15(17)18-4/h5-8,12H,9-11H2,1-4H3. The Morgan fingerprint density at radius 1 is 1.26 bits per heavy atom. The number of carbonyl (C=O) groups is 1. The van der Waals surface area contributed by atoms with Crippen molar-refractivity contribution in [3.05, 3.63) is 29.8 Å². The predicted molar refractivity (Wildman–Crippen MR) is 75.2 cm³/mol. The number of nitrogens with zero attached hydrogens (tertiary/aromatic N) is 1. The molecule has 0 fully saturated rings. The number of ether oxygens (including phenoxy) is 2. The quantitative estimate of drug-likeness (QED) is 0.710. The van der Waals surface area contributed by atoms with Crippen molar-refractivity contribution >= 4 is 5.97 Å². The van der Waals surface area contributed by atoms with Crippen LogP contribution in [0.5, 0.6) is 5.75 Å². The van der Waals surface area contributed by atoms with Crippen molar-refractivity contribution in [2.45, 2.75) is 32.9 Å². The van der Waals surface area contributed by atoms with Crippen LogP contribution in [0.25, 0.3) is 0 Å². The first kappa shape index (κ1) is 15.5. The predicted octanol–water partition coefficient (Wildman–Crippen LogP) is 2.47.